The smallest absolute Gasteiger partial charge is 0.265 e. The molecule has 2 heterocycles. The molecule has 1 fully saturated rings. The molecule has 6 heteroatoms. The summed E-state index contributed by atoms with van der Waals surface area (Å²) < 4.78 is 0.489. The van der Waals surface area contributed by atoms with Gasteiger partial charge in [-0.3, -0.25) is 9.69 Å². The van der Waals surface area contributed by atoms with E-state index in [9.17, 15) is 4.79 Å². The molecular weight excluding hydrogens is 350 g/mol. The fraction of sp³-hybridized carbons (Fsp3) is 0.333. The highest BCUT2D eigenvalue weighted by Gasteiger charge is 2.24. The van der Waals surface area contributed by atoms with Crippen molar-refractivity contribution in [3.05, 3.63) is 51.0 Å². The number of nitrogens with zero attached hydrogens (tertiary/aromatic N) is 2. The van der Waals surface area contributed by atoms with Gasteiger partial charge in [-0.05, 0) is 23.0 Å². The third kappa shape index (κ3) is 3.07. The molecule has 1 atom stereocenters. The summed E-state index contributed by atoms with van der Waals surface area (Å²) in [7, 11) is 2.08. The first-order valence-corrected chi connectivity index (χ1v) is 8.74. The van der Waals surface area contributed by atoms with Gasteiger partial charge in [0.25, 0.3) is 5.56 Å². The maximum Gasteiger partial charge on any atom is 0.265 e. The SMILES string of the molecule is CN1CCSCC1c1nc(-c2ccccc2)c(Br)c(=O)[nH]1. The summed E-state index contributed by atoms with van der Waals surface area (Å²) in [5, 5.41) is 0. The number of hydrogen-bond donors (Lipinski definition) is 1. The number of hydrogen-bond acceptors (Lipinski definition) is 4. The minimum Gasteiger partial charge on any atom is -0.308 e. The van der Waals surface area contributed by atoms with Crippen molar-refractivity contribution >= 4 is 27.7 Å². The number of rotatable bonds is 2. The van der Waals surface area contributed by atoms with Gasteiger partial charge in [0.15, 0.2) is 0 Å². The fourth-order valence-corrected chi connectivity index (χ4v) is 4.03. The summed E-state index contributed by atoms with van der Waals surface area (Å²) in [5.74, 6) is 2.82. The van der Waals surface area contributed by atoms with E-state index in [0.717, 1.165) is 29.4 Å². The van der Waals surface area contributed by atoms with Crippen molar-refractivity contribution in [2.75, 3.05) is 25.1 Å². The van der Waals surface area contributed by atoms with Crippen LogP contribution >= 0.6 is 27.7 Å². The van der Waals surface area contributed by atoms with E-state index in [4.69, 9.17) is 4.98 Å². The van der Waals surface area contributed by atoms with Gasteiger partial charge in [-0.2, -0.15) is 11.8 Å². The van der Waals surface area contributed by atoms with E-state index >= 15 is 0 Å². The Balaban J connectivity index is 2.08. The second kappa shape index (κ2) is 6.34. The van der Waals surface area contributed by atoms with Crippen LogP contribution in [0.25, 0.3) is 11.3 Å². The average molecular weight is 366 g/mol. The molecule has 0 aliphatic carbocycles. The topological polar surface area (TPSA) is 49.0 Å². The van der Waals surface area contributed by atoms with Crippen LogP contribution in [0.15, 0.2) is 39.6 Å². The van der Waals surface area contributed by atoms with Gasteiger partial charge < -0.3 is 4.98 Å². The highest BCUT2D eigenvalue weighted by Crippen LogP contribution is 2.29. The molecule has 1 aromatic carbocycles. The lowest BCUT2D eigenvalue weighted by atomic mass is 10.1. The Morgan fingerprint density at radius 2 is 2.14 bits per heavy atom. The van der Waals surface area contributed by atoms with Gasteiger partial charge in [0.2, 0.25) is 0 Å². The number of aromatic amines is 1. The lowest BCUT2D eigenvalue weighted by molar-refractivity contribution is 0.264. The lowest BCUT2D eigenvalue weighted by Gasteiger charge is -2.31. The van der Waals surface area contributed by atoms with Crippen molar-refractivity contribution in [2.45, 2.75) is 6.04 Å². The molecule has 4 nitrogen and oxygen atoms in total. The standard InChI is InChI=1S/C15H16BrN3OS/c1-19-7-8-21-9-11(19)14-17-13(12(16)15(20)18-14)10-5-3-2-4-6-10/h2-6,11H,7-9H2,1H3,(H,17,18,20). The average Bonchev–Trinajstić information content (AvgIpc) is 2.51. The monoisotopic (exact) mass is 365 g/mol. The van der Waals surface area contributed by atoms with E-state index in [2.05, 4.69) is 32.9 Å². The number of benzene rings is 1. The number of aromatic nitrogens is 2. The molecule has 1 N–H and O–H groups in total. The van der Waals surface area contributed by atoms with E-state index in [-0.39, 0.29) is 11.6 Å². The molecule has 2 aromatic rings. The van der Waals surface area contributed by atoms with Gasteiger partial charge in [0, 0.05) is 23.6 Å². The zero-order chi connectivity index (χ0) is 14.8. The first-order valence-electron chi connectivity index (χ1n) is 6.80. The first-order chi connectivity index (χ1) is 10.2. The van der Waals surface area contributed by atoms with Gasteiger partial charge >= 0.3 is 0 Å². The minimum absolute atomic E-state index is 0.122. The summed E-state index contributed by atoms with van der Waals surface area (Å²) in [6.45, 7) is 1.01. The normalized spacial score (nSPS) is 19.6. The van der Waals surface area contributed by atoms with Gasteiger partial charge in [-0.15, -0.1) is 0 Å². The maximum atomic E-state index is 12.2. The second-order valence-corrected chi connectivity index (χ2v) is 6.99. The van der Waals surface area contributed by atoms with Gasteiger partial charge in [-0.25, -0.2) is 4.98 Å². The largest absolute Gasteiger partial charge is 0.308 e. The molecule has 1 aliphatic rings. The van der Waals surface area contributed by atoms with E-state index in [1.807, 2.05) is 42.1 Å². The summed E-state index contributed by atoms with van der Waals surface area (Å²) in [6.07, 6.45) is 0. The maximum absolute atomic E-state index is 12.2. The third-order valence-corrected chi connectivity index (χ3v) is 5.40. The molecule has 1 saturated heterocycles. The zero-order valence-corrected chi connectivity index (χ0v) is 14.1. The molecule has 1 aliphatic heterocycles. The number of thioether (sulfide) groups is 1. The highest BCUT2D eigenvalue weighted by molar-refractivity contribution is 9.10. The quantitative estimate of drug-likeness (QED) is 0.888. The Labute approximate surface area is 136 Å². The van der Waals surface area contributed by atoms with Gasteiger partial charge in [0.05, 0.1) is 11.7 Å². The zero-order valence-electron chi connectivity index (χ0n) is 11.7. The lowest BCUT2D eigenvalue weighted by Crippen LogP contribution is -2.35. The van der Waals surface area contributed by atoms with E-state index in [0.29, 0.717) is 10.2 Å². The molecule has 1 aromatic heterocycles. The van der Waals surface area contributed by atoms with Crippen LogP contribution in [0.2, 0.25) is 0 Å². The van der Waals surface area contributed by atoms with Crippen LogP contribution in [-0.2, 0) is 0 Å². The van der Waals surface area contributed by atoms with Crippen LogP contribution in [-0.4, -0.2) is 40.0 Å². The molecular formula is C15H16BrN3OS. The third-order valence-electron chi connectivity index (χ3n) is 3.64. The minimum atomic E-state index is -0.122. The molecule has 3 rings (SSSR count). The highest BCUT2D eigenvalue weighted by atomic mass is 79.9. The first kappa shape index (κ1) is 14.8. The predicted octanol–water partition coefficient (Wildman–Crippen LogP) is 2.92. The molecule has 1 unspecified atom stereocenters. The van der Waals surface area contributed by atoms with Crippen LogP contribution in [0.1, 0.15) is 11.9 Å². The van der Waals surface area contributed by atoms with Crippen molar-refractivity contribution in [3.8, 4) is 11.3 Å². The van der Waals surface area contributed by atoms with Gasteiger partial charge in [-0.1, -0.05) is 30.3 Å². The van der Waals surface area contributed by atoms with Crippen molar-refractivity contribution in [1.82, 2.24) is 14.9 Å². The van der Waals surface area contributed by atoms with Crippen molar-refractivity contribution in [2.24, 2.45) is 0 Å². The van der Waals surface area contributed by atoms with Crippen molar-refractivity contribution in [3.63, 3.8) is 0 Å². The molecule has 0 bridgehead atoms. The molecule has 0 radical (unpaired) electrons. The number of halogens is 1. The summed E-state index contributed by atoms with van der Waals surface area (Å²) in [6, 6.07) is 9.95. The van der Waals surface area contributed by atoms with E-state index in [1.165, 1.54) is 0 Å². The van der Waals surface area contributed by atoms with Crippen LogP contribution in [0.4, 0.5) is 0 Å². The number of nitrogens with one attached hydrogen (secondary N) is 1. The molecule has 0 spiro atoms. The van der Waals surface area contributed by atoms with Crippen LogP contribution in [0.3, 0.4) is 0 Å². The Bertz CT molecular complexity index is 689. The summed E-state index contributed by atoms with van der Waals surface area (Å²) >= 11 is 5.26. The Morgan fingerprint density at radius 3 is 2.86 bits per heavy atom. The van der Waals surface area contributed by atoms with Crippen LogP contribution < -0.4 is 5.56 Å². The second-order valence-electron chi connectivity index (χ2n) is 5.05. The Kier molecular flexibility index (Phi) is 4.47. The predicted molar refractivity (Wildman–Crippen MR) is 90.7 cm³/mol. The van der Waals surface area contributed by atoms with Crippen molar-refractivity contribution in [1.29, 1.82) is 0 Å². The Morgan fingerprint density at radius 1 is 1.38 bits per heavy atom. The van der Waals surface area contributed by atoms with Crippen LogP contribution in [0, 0.1) is 0 Å². The van der Waals surface area contributed by atoms with E-state index < -0.39 is 0 Å². The fourth-order valence-electron chi connectivity index (χ4n) is 2.40. The summed E-state index contributed by atoms with van der Waals surface area (Å²) in [4.78, 5) is 22.1. The summed E-state index contributed by atoms with van der Waals surface area (Å²) in [5.41, 5.74) is 1.53. The number of H-pyrrole nitrogens is 1. The molecule has 0 amide bonds. The molecule has 110 valence electrons. The van der Waals surface area contributed by atoms with Gasteiger partial charge in [0.1, 0.15) is 10.3 Å². The van der Waals surface area contributed by atoms with E-state index in [1.54, 1.807) is 0 Å². The molecule has 21 heavy (non-hydrogen) atoms. The van der Waals surface area contributed by atoms with Crippen molar-refractivity contribution < 1.29 is 0 Å². The molecule has 0 saturated carbocycles. The van der Waals surface area contributed by atoms with Crippen LogP contribution in [0.5, 0.6) is 0 Å². The Hall–Kier alpha value is -1.11.